The fourth-order valence-electron chi connectivity index (χ4n) is 4.53. The molecular weight excluding hydrogens is 488 g/mol. The molecule has 0 heterocycles. The number of hydrogen-bond acceptors (Lipinski definition) is 8. The summed E-state index contributed by atoms with van der Waals surface area (Å²) in [5, 5.41) is 0. The Hall–Kier alpha value is -2.12. The van der Waals surface area contributed by atoms with Crippen molar-refractivity contribution in [3.63, 3.8) is 0 Å². The fraction of sp³-hybridized carbons (Fsp3) is 0.867. The highest BCUT2D eigenvalue weighted by atomic mass is 16.6. The summed E-state index contributed by atoms with van der Waals surface area (Å²) in [7, 11) is 0. The smallest absolute Gasteiger partial charge is 0.352 e. The van der Waals surface area contributed by atoms with Gasteiger partial charge in [-0.05, 0) is 92.9 Å². The highest BCUT2D eigenvalue weighted by molar-refractivity contribution is 5.91. The molecule has 222 valence electrons. The molecule has 0 aromatic carbocycles. The van der Waals surface area contributed by atoms with Crippen molar-refractivity contribution >= 4 is 23.9 Å². The minimum Gasteiger partial charge on any atom is -0.457 e. The molecule has 0 aromatic heterocycles. The van der Waals surface area contributed by atoms with Crippen LogP contribution in [-0.4, -0.2) is 47.3 Å². The molecule has 0 bridgehead atoms. The second-order valence-electron chi connectivity index (χ2n) is 16.0. The maximum Gasteiger partial charge on any atom is 0.352 e. The van der Waals surface area contributed by atoms with Gasteiger partial charge in [0.05, 0.1) is 10.8 Å². The lowest BCUT2D eigenvalue weighted by atomic mass is 9.76. The van der Waals surface area contributed by atoms with Crippen LogP contribution >= 0.6 is 0 Å². The summed E-state index contributed by atoms with van der Waals surface area (Å²) in [6.07, 6.45) is -2.83. The molecule has 2 atom stereocenters. The van der Waals surface area contributed by atoms with E-state index >= 15 is 0 Å². The molecule has 0 aliphatic rings. The van der Waals surface area contributed by atoms with Gasteiger partial charge < -0.3 is 18.9 Å². The maximum atomic E-state index is 13.4. The van der Waals surface area contributed by atoms with E-state index in [1.54, 1.807) is 69.2 Å². The highest BCUT2D eigenvalue weighted by Crippen LogP contribution is 2.37. The molecular formula is C30H54O8. The van der Waals surface area contributed by atoms with Gasteiger partial charge in [0, 0.05) is 0 Å². The lowest BCUT2D eigenvalue weighted by molar-refractivity contribution is -0.205. The summed E-state index contributed by atoms with van der Waals surface area (Å²) in [5.41, 5.74) is -4.39. The van der Waals surface area contributed by atoms with Gasteiger partial charge in [-0.15, -0.1) is 0 Å². The molecule has 0 aliphatic heterocycles. The fourth-order valence-corrected chi connectivity index (χ4v) is 4.53. The Bertz CT molecular complexity index is 783. The molecule has 8 heteroatoms. The van der Waals surface area contributed by atoms with Crippen LogP contribution < -0.4 is 0 Å². The topological polar surface area (TPSA) is 105 Å². The van der Waals surface area contributed by atoms with Crippen molar-refractivity contribution in [2.24, 2.45) is 21.7 Å². The molecule has 0 aromatic rings. The zero-order valence-corrected chi connectivity index (χ0v) is 26.8. The lowest BCUT2D eigenvalue weighted by Gasteiger charge is -2.35. The molecule has 0 amide bonds. The predicted octanol–water partition coefficient (Wildman–Crippen LogP) is 6.42. The Balaban J connectivity index is 6.64. The molecule has 0 saturated carbocycles. The summed E-state index contributed by atoms with van der Waals surface area (Å²) in [5.74, 6) is -3.45. The van der Waals surface area contributed by atoms with Gasteiger partial charge in [-0.2, -0.15) is 0 Å². The standard InChI is InChI=1S/C30H54O8/c1-25(2,3)17-29(13,14)23(33)35-19(21(31)37-27(7,8)9)20(22(32)38-28(10,11)12)36-24(34)30(15,16)18-26(4,5)6/h19-20H,17-18H2,1-16H3/t19-,20-/m1/s1. The van der Waals surface area contributed by atoms with Crippen LogP contribution in [0.3, 0.4) is 0 Å². The molecule has 0 N–H and O–H groups in total. The van der Waals surface area contributed by atoms with E-state index < -0.39 is 58.1 Å². The SMILES string of the molecule is CC(C)(C)CC(C)(C)C(=O)O[C@@H](C(=O)OC(C)(C)C)[C@@H](OC(=O)C(C)(C)CC(C)(C)C)C(=O)OC(C)(C)C. The number of esters is 4. The van der Waals surface area contributed by atoms with Gasteiger partial charge >= 0.3 is 23.9 Å². The summed E-state index contributed by atoms with van der Waals surface area (Å²) >= 11 is 0. The Morgan fingerprint density at radius 3 is 0.895 bits per heavy atom. The second kappa shape index (κ2) is 12.0. The molecule has 0 spiro atoms. The summed E-state index contributed by atoms with van der Waals surface area (Å²) in [4.78, 5) is 53.5. The van der Waals surface area contributed by atoms with Gasteiger partial charge in [-0.25, -0.2) is 9.59 Å². The molecule has 0 unspecified atom stereocenters. The van der Waals surface area contributed by atoms with Crippen LogP contribution in [0, 0.1) is 21.7 Å². The van der Waals surface area contributed by atoms with Gasteiger partial charge in [0.1, 0.15) is 11.2 Å². The van der Waals surface area contributed by atoms with Crippen molar-refractivity contribution in [2.45, 2.75) is 147 Å². The first-order valence-corrected chi connectivity index (χ1v) is 13.3. The van der Waals surface area contributed by atoms with E-state index in [9.17, 15) is 19.2 Å². The first-order valence-electron chi connectivity index (χ1n) is 13.3. The summed E-state index contributed by atoms with van der Waals surface area (Å²) < 4.78 is 22.4. The van der Waals surface area contributed by atoms with Crippen LogP contribution in [0.5, 0.6) is 0 Å². The van der Waals surface area contributed by atoms with Crippen molar-refractivity contribution in [1.82, 2.24) is 0 Å². The Labute approximate surface area is 230 Å². The van der Waals surface area contributed by atoms with Crippen LogP contribution in [0.15, 0.2) is 0 Å². The molecule has 0 fully saturated rings. The maximum absolute atomic E-state index is 13.4. The van der Waals surface area contributed by atoms with Crippen molar-refractivity contribution in [1.29, 1.82) is 0 Å². The van der Waals surface area contributed by atoms with E-state index in [-0.39, 0.29) is 10.8 Å². The minimum atomic E-state index is -1.86. The molecule has 8 nitrogen and oxygen atoms in total. The average molecular weight is 543 g/mol. The van der Waals surface area contributed by atoms with Gasteiger partial charge in [0.15, 0.2) is 0 Å². The van der Waals surface area contributed by atoms with E-state index in [0.717, 1.165) is 0 Å². The van der Waals surface area contributed by atoms with Gasteiger partial charge in [-0.3, -0.25) is 9.59 Å². The largest absolute Gasteiger partial charge is 0.457 e. The first-order chi connectivity index (χ1) is 16.5. The summed E-state index contributed by atoms with van der Waals surface area (Å²) in [6, 6.07) is 0. The number of ether oxygens (including phenoxy) is 4. The second-order valence-corrected chi connectivity index (χ2v) is 16.0. The van der Waals surface area contributed by atoms with Crippen LogP contribution in [0.2, 0.25) is 0 Å². The van der Waals surface area contributed by atoms with E-state index in [4.69, 9.17) is 18.9 Å². The monoisotopic (exact) mass is 542 g/mol. The van der Waals surface area contributed by atoms with Crippen molar-refractivity contribution in [3.05, 3.63) is 0 Å². The summed E-state index contributed by atoms with van der Waals surface area (Å²) in [6.45, 7) is 28.6. The van der Waals surface area contributed by atoms with Crippen LogP contribution in [-0.2, 0) is 38.1 Å². The average Bonchev–Trinajstić information content (AvgIpc) is 2.56. The molecule has 38 heavy (non-hydrogen) atoms. The zero-order chi connectivity index (χ0) is 30.7. The third-order valence-electron chi connectivity index (χ3n) is 5.07. The number of hydrogen-bond donors (Lipinski definition) is 0. The van der Waals surface area contributed by atoms with E-state index in [2.05, 4.69) is 0 Å². The lowest BCUT2D eigenvalue weighted by Crippen LogP contribution is -2.52. The molecule has 0 radical (unpaired) electrons. The molecule has 0 rings (SSSR count). The van der Waals surface area contributed by atoms with Crippen molar-refractivity contribution < 1.29 is 38.1 Å². The number of carbonyl (C=O) groups is 4. The van der Waals surface area contributed by atoms with Gasteiger partial charge in [0.2, 0.25) is 12.2 Å². The third-order valence-corrected chi connectivity index (χ3v) is 5.07. The van der Waals surface area contributed by atoms with Crippen LogP contribution in [0.1, 0.15) is 124 Å². The number of rotatable bonds is 9. The third kappa shape index (κ3) is 13.6. The van der Waals surface area contributed by atoms with E-state index in [1.165, 1.54) is 0 Å². The first kappa shape index (κ1) is 35.9. The van der Waals surface area contributed by atoms with Crippen molar-refractivity contribution in [2.75, 3.05) is 0 Å². The van der Waals surface area contributed by atoms with Gasteiger partial charge in [0.25, 0.3) is 0 Å². The Morgan fingerprint density at radius 2 is 0.711 bits per heavy atom. The van der Waals surface area contributed by atoms with E-state index in [0.29, 0.717) is 12.8 Å². The normalized spacial score (nSPS) is 15.3. The quantitative estimate of drug-likeness (QED) is 0.243. The van der Waals surface area contributed by atoms with Crippen LogP contribution in [0.4, 0.5) is 0 Å². The predicted molar refractivity (Wildman–Crippen MR) is 147 cm³/mol. The zero-order valence-electron chi connectivity index (χ0n) is 26.8. The van der Waals surface area contributed by atoms with Gasteiger partial charge in [-0.1, -0.05) is 41.5 Å². The highest BCUT2D eigenvalue weighted by Gasteiger charge is 2.48. The van der Waals surface area contributed by atoms with Crippen molar-refractivity contribution in [3.8, 4) is 0 Å². The minimum absolute atomic E-state index is 0.224. The number of carbonyl (C=O) groups excluding carboxylic acids is 4. The van der Waals surface area contributed by atoms with Crippen LogP contribution in [0.25, 0.3) is 0 Å². The molecule has 0 aliphatic carbocycles. The molecule has 0 saturated heterocycles. The Morgan fingerprint density at radius 1 is 0.474 bits per heavy atom. The van der Waals surface area contributed by atoms with E-state index in [1.807, 2.05) is 41.5 Å². The Kier molecular flexibility index (Phi) is 11.3.